The number of alkyl halides is 2. The molecule has 3 atom stereocenters. The molecule has 0 bridgehead atoms. The van der Waals surface area contributed by atoms with Crippen molar-refractivity contribution in [3.8, 4) is 0 Å². The zero-order chi connectivity index (χ0) is 17.8. The molecule has 0 saturated heterocycles. The van der Waals surface area contributed by atoms with Crippen molar-refractivity contribution in [2.24, 2.45) is 11.5 Å². The van der Waals surface area contributed by atoms with Crippen molar-refractivity contribution in [3.05, 3.63) is 35.9 Å². The largest absolute Gasteiger partial charge is 0.459 e. The Labute approximate surface area is 134 Å². The summed E-state index contributed by atoms with van der Waals surface area (Å²) < 4.78 is 33.3. The highest BCUT2D eigenvalue weighted by Crippen LogP contribution is 2.27. The monoisotopic (exact) mass is 330 g/mol. The number of aliphatic hydroxyl groups is 1. The number of ether oxygens (including phenoxy) is 1. The molecule has 1 rings (SSSR count). The van der Waals surface area contributed by atoms with Gasteiger partial charge in [0.05, 0.1) is 0 Å². The number of nitrogens with two attached hydrogens (primary N) is 2. The van der Waals surface area contributed by atoms with E-state index in [0.717, 1.165) is 0 Å². The van der Waals surface area contributed by atoms with Crippen LogP contribution in [0.5, 0.6) is 0 Å². The normalized spacial score (nSPS) is 16.5. The summed E-state index contributed by atoms with van der Waals surface area (Å²) in [5.74, 6) is -5.19. The maximum absolute atomic E-state index is 14.2. The quantitative estimate of drug-likeness (QED) is 0.681. The molecule has 0 aromatic heterocycles. The predicted octanol–water partition coefficient (Wildman–Crippen LogP) is 1.22. The van der Waals surface area contributed by atoms with Crippen LogP contribution in [-0.2, 0) is 16.0 Å². The van der Waals surface area contributed by atoms with Gasteiger partial charge in [-0.1, -0.05) is 30.3 Å². The van der Waals surface area contributed by atoms with Crippen molar-refractivity contribution in [1.82, 2.24) is 0 Å². The molecule has 1 aromatic carbocycles. The van der Waals surface area contributed by atoms with Gasteiger partial charge in [0.25, 0.3) is 5.92 Å². The maximum atomic E-state index is 14.2. The summed E-state index contributed by atoms with van der Waals surface area (Å²) in [5.41, 5.74) is 10.7. The van der Waals surface area contributed by atoms with Gasteiger partial charge in [-0.25, -0.2) is 8.78 Å². The Hall–Kier alpha value is -1.57. The van der Waals surface area contributed by atoms with Crippen LogP contribution in [0.15, 0.2) is 30.3 Å². The molecule has 7 heteroatoms. The number of carbonyl (C=O) groups is 1. The Balaban J connectivity index is 2.78. The molecule has 3 unspecified atom stereocenters. The molecule has 0 fully saturated rings. The van der Waals surface area contributed by atoms with Crippen LogP contribution in [0.25, 0.3) is 0 Å². The standard InChI is InChI=1S/C16H24F2N2O3/c1-15(2,3)23-14(22)12(20)16(17,18)13(21)11(19)9-10-7-5-4-6-8-10/h4-8,11-13,21H,9,19-20H2,1-3H3. The minimum absolute atomic E-state index is 0.0264. The van der Waals surface area contributed by atoms with E-state index in [9.17, 15) is 18.7 Å². The van der Waals surface area contributed by atoms with Crippen LogP contribution in [-0.4, -0.2) is 40.8 Å². The van der Waals surface area contributed by atoms with Gasteiger partial charge in [-0.2, -0.15) is 0 Å². The molecule has 0 aliphatic rings. The third-order valence-electron chi connectivity index (χ3n) is 3.19. The number of aliphatic hydroxyl groups excluding tert-OH is 1. The first-order valence-electron chi connectivity index (χ1n) is 7.29. The van der Waals surface area contributed by atoms with Crippen molar-refractivity contribution in [2.75, 3.05) is 0 Å². The van der Waals surface area contributed by atoms with Crippen LogP contribution in [0, 0.1) is 0 Å². The third-order valence-corrected chi connectivity index (χ3v) is 3.19. The molecule has 0 aliphatic heterocycles. The van der Waals surface area contributed by atoms with Crippen molar-refractivity contribution in [1.29, 1.82) is 0 Å². The number of benzene rings is 1. The van der Waals surface area contributed by atoms with Crippen molar-refractivity contribution < 1.29 is 23.4 Å². The second-order valence-electron chi connectivity index (χ2n) is 6.48. The Bertz CT molecular complexity index is 518. The van der Waals surface area contributed by atoms with E-state index in [0.29, 0.717) is 5.56 Å². The first-order chi connectivity index (χ1) is 10.4. The van der Waals surface area contributed by atoms with Gasteiger partial charge in [0.2, 0.25) is 0 Å². The van der Waals surface area contributed by atoms with Crippen LogP contribution in [0.3, 0.4) is 0 Å². The molecule has 0 heterocycles. The molecular weight excluding hydrogens is 306 g/mol. The molecule has 0 aliphatic carbocycles. The molecule has 5 nitrogen and oxygen atoms in total. The highest BCUT2D eigenvalue weighted by molar-refractivity contribution is 5.77. The summed E-state index contributed by atoms with van der Waals surface area (Å²) in [4.78, 5) is 11.7. The number of carbonyl (C=O) groups excluding carboxylic acids is 1. The summed E-state index contributed by atoms with van der Waals surface area (Å²) in [5, 5.41) is 9.86. The van der Waals surface area contributed by atoms with Gasteiger partial charge in [-0.05, 0) is 32.8 Å². The Morgan fingerprint density at radius 2 is 1.74 bits per heavy atom. The highest BCUT2D eigenvalue weighted by atomic mass is 19.3. The summed E-state index contributed by atoms with van der Waals surface area (Å²) >= 11 is 0. The van der Waals surface area contributed by atoms with Crippen molar-refractivity contribution >= 4 is 5.97 Å². The smallest absolute Gasteiger partial charge is 0.329 e. The van der Waals surface area contributed by atoms with Crippen molar-refractivity contribution in [2.45, 2.75) is 56.9 Å². The van der Waals surface area contributed by atoms with Gasteiger partial charge < -0.3 is 21.3 Å². The minimum Gasteiger partial charge on any atom is -0.459 e. The van der Waals surface area contributed by atoms with E-state index in [1.807, 2.05) is 0 Å². The second kappa shape index (κ2) is 7.33. The second-order valence-corrected chi connectivity index (χ2v) is 6.48. The van der Waals surface area contributed by atoms with Gasteiger partial charge in [0.15, 0.2) is 6.04 Å². The van der Waals surface area contributed by atoms with Crippen LogP contribution in [0.1, 0.15) is 26.3 Å². The van der Waals surface area contributed by atoms with Crippen LogP contribution in [0.2, 0.25) is 0 Å². The van der Waals surface area contributed by atoms with Crippen LogP contribution in [0.4, 0.5) is 8.78 Å². The van der Waals surface area contributed by atoms with E-state index < -0.39 is 35.7 Å². The van der Waals surface area contributed by atoms with E-state index in [1.54, 1.807) is 30.3 Å². The van der Waals surface area contributed by atoms with Gasteiger partial charge in [-0.15, -0.1) is 0 Å². The minimum atomic E-state index is -3.91. The van der Waals surface area contributed by atoms with E-state index in [2.05, 4.69) is 0 Å². The Morgan fingerprint density at radius 1 is 1.22 bits per heavy atom. The summed E-state index contributed by atoms with van der Waals surface area (Å²) in [6.45, 7) is 4.61. The lowest BCUT2D eigenvalue weighted by Crippen LogP contribution is -2.60. The summed E-state index contributed by atoms with van der Waals surface area (Å²) in [7, 11) is 0. The summed E-state index contributed by atoms with van der Waals surface area (Å²) in [6.07, 6.45) is -2.25. The first-order valence-corrected chi connectivity index (χ1v) is 7.29. The van der Waals surface area contributed by atoms with Gasteiger partial charge in [0.1, 0.15) is 11.7 Å². The van der Waals surface area contributed by atoms with Gasteiger partial charge in [0, 0.05) is 6.04 Å². The van der Waals surface area contributed by atoms with Crippen LogP contribution < -0.4 is 11.5 Å². The average molecular weight is 330 g/mol. The molecule has 130 valence electrons. The molecule has 0 spiro atoms. The van der Waals surface area contributed by atoms with E-state index >= 15 is 0 Å². The van der Waals surface area contributed by atoms with E-state index in [4.69, 9.17) is 16.2 Å². The number of hydrogen-bond donors (Lipinski definition) is 3. The van der Waals surface area contributed by atoms with Crippen LogP contribution >= 0.6 is 0 Å². The Kier molecular flexibility index (Phi) is 6.21. The predicted molar refractivity (Wildman–Crippen MR) is 82.9 cm³/mol. The fraction of sp³-hybridized carbons (Fsp3) is 0.562. The fourth-order valence-corrected chi connectivity index (χ4v) is 1.99. The molecule has 0 amide bonds. The average Bonchev–Trinajstić information content (AvgIpc) is 2.44. The molecule has 1 aromatic rings. The number of halogens is 2. The summed E-state index contributed by atoms with van der Waals surface area (Å²) in [6, 6.07) is 5.09. The first kappa shape index (κ1) is 19.5. The zero-order valence-electron chi connectivity index (χ0n) is 13.5. The number of rotatable bonds is 6. The third kappa shape index (κ3) is 5.53. The molecule has 0 radical (unpaired) electrons. The SMILES string of the molecule is CC(C)(C)OC(=O)C(N)C(F)(F)C(O)C(N)Cc1ccccc1. The lowest BCUT2D eigenvalue weighted by molar-refractivity contribution is -0.179. The maximum Gasteiger partial charge on any atom is 0.329 e. The van der Waals surface area contributed by atoms with Crippen molar-refractivity contribution in [3.63, 3.8) is 0 Å². The fourth-order valence-electron chi connectivity index (χ4n) is 1.99. The molecule has 5 N–H and O–H groups in total. The van der Waals surface area contributed by atoms with E-state index in [1.165, 1.54) is 20.8 Å². The molecule has 23 heavy (non-hydrogen) atoms. The van der Waals surface area contributed by atoms with E-state index in [-0.39, 0.29) is 6.42 Å². The Morgan fingerprint density at radius 3 is 2.22 bits per heavy atom. The molecular formula is C16H24F2N2O3. The lowest BCUT2D eigenvalue weighted by Gasteiger charge is -2.32. The number of esters is 1. The van der Waals surface area contributed by atoms with Gasteiger partial charge in [-0.3, -0.25) is 4.79 Å². The molecule has 0 saturated carbocycles. The highest BCUT2D eigenvalue weighted by Gasteiger charge is 2.51. The van der Waals surface area contributed by atoms with Gasteiger partial charge >= 0.3 is 5.97 Å². The lowest BCUT2D eigenvalue weighted by atomic mass is 9.94. The number of hydrogen-bond acceptors (Lipinski definition) is 5. The zero-order valence-corrected chi connectivity index (χ0v) is 13.5. The topological polar surface area (TPSA) is 98.6 Å².